The van der Waals surface area contributed by atoms with Crippen molar-refractivity contribution in [2.75, 3.05) is 6.54 Å². The van der Waals surface area contributed by atoms with Crippen LogP contribution in [0.3, 0.4) is 0 Å². The fourth-order valence-electron chi connectivity index (χ4n) is 2.68. The second-order valence-electron chi connectivity index (χ2n) is 6.15. The second kappa shape index (κ2) is 8.97. The van der Waals surface area contributed by atoms with E-state index in [1.54, 1.807) is 37.3 Å². The smallest absolute Gasteiger partial charge is 0.284 e. The van der Waals surface area contributed by atoms with E-state index in [2.05, 4.69) is 4.40 Å². The molecule has 0 bridgehead atoms. The molecule has 0 spiro atoms. The van der Waals surface area contributed by atoms with Gasteiger partial charge in [-0.25, -0.2) is 4.39 Å². The molecule has 5 nitrogen and oxygen atoms in total. The third-order valence-corrected chi connectivity index (χ3v) is 7.54. The van der Waals surface area contributed by atoms with Crippen LogP contribution in [0.5, 0.6) is 0 Å². The number of nitrogens with zero attached hydrogens (tertiary/aromatic N) is 2. The van der Waals surface area contributed by atoms with Gasteiger partial charge in [-0.15, -0.1) is 4.40 Å². The lowest BCUT2D eigenvalue weighted by Gasteiger charge is -2.12. The number of hydrogen-bond acceptors (Lipinski definition) is 4. The number of aryl methyl sites for hydroxylation is 1. The number of amides is 1. The summed E-state index contributed by atoms with van der Waals surface area (Å²) in [4.78, 5) is 14.3. The van der Waals surface area contributed by atoms with Gasteiger partial charge in [0.05, 0.1) is 9.80 Å². The minimum absolute atomic E-state index is 0.0624. The molecule has 0 N–H and O–H groups in total. The van der Waals surface area contributed by atoms with E-state index >= 15 is 0 Å². The number of benzene rings is 2. The van der Waals surface area contributed by atoms with Crippen LogP contribution in [0.2, 0.25) is 0 Å². The van der Waals surface area contributed by atoms with Gasteiger partial charge in [0.15, 0.2) is 5.17 Å². The van der Waals surface area contributed by atoms with Gasteiger partial charge in [0.1, 0.15) is 5.82 Å². The van der Waals surface area contributed by atoms with E-state index in [-0.39, 0.29) is 27.1 Å². The Kier molecular flexibility index (Phi) is 6.79. The molecule has 1 saturated heterocycles. The van der Waals surface area contributed by atoms with E-state index in [0.717, 1.165) is 23.7 Å². The van der Waals surface area contributed by atoms with Crippen molar-refractivity contribution in [3.05, 3.63) is 67.9 Å². The number of likely N-dealkylation sites (N-methyl/N-ethyl adjacent to an activating group) is 1. The number of carbonyl (C=O) groups is 1. The molecule has 0 saturated carbocycles. The summed E-state index contributed by atoms with van der Waals surface area (Å²) < 4.78 is 44.0. The number of hydrogen-bond donors (Lipinski definition) is 0. The number of amidine groups is 1. The summed E-state index contributed by atoms with van der Waals surface area (Å²) in [6.07, 6.45) is 2.23. The third-order valence-electron chi connectivity index (χ3n) is 4.30. The van der Waals surface area contributed by atoms with Gasteiger partial charge >= 0.3 is 0 Å². The van der Waals surface area contributed by atoms with E-state index in [1.165, 1.54) is 23.1 Å². The van der Waals surface area contributed by atoms with Crippen LogP contribution in [-0.4, -0.2) is 30.9 Å². The Hall–Kier alpha value is -1.72. The molecule has 1 fully saturated rings. The maximum atomic E-state index is 14.3. The molecule has 152 valence electrons. The van der Waals surface area contributed by atoms with E-state index in [9.17, 15) is 17.6 Å². The van der Waals surface area contributed by atoms with Crippen molar-refractivity contribution >= 4 is 61.5 Å². The topological polar surface area (TPSA) is 66.8 Å². The highest BCUT2D eigenvalue weighted by Gasteiger charge is 2.34. The fourth-order valence-corrected chi connectivity index (χ4v) is 5.44. The minimum atomic E-state index is -3.98. The zero-order chi connectivity index (χ0) is 21.2. The summed E-state index contributed by atoms with van der Waals surface area (Å²) in [5.41, 5.74) is 1.28. The van der Waals surface area contributed by atoms with Crippen LogP contribution in [0.1, 0.15) is 25.0 Å². The monoisotopic (exact) mass is 544 g/mol. The molecule has 1 heterocycles. The fraction of sp³-hybridized carbons (Fsp3) is 0.200. The average Bonchev–Trinajstić information content (AvgIpc) is 2.99. The summed E-state index contributed by atoms with van der Waals surface area (Å²) in [5.74, 6) is -0.822. The molecular weight excluding hydrogens is 526 g/mol. The number of carbonyl (C=O) groups excluding carboxylic acids is 1. The molecule has 0 radical (unpaired) electrons. The first-order valence-electron chi connectivity index (χ1n) is 8.86. The van der Waals surface area contributed by atoms with Crippen molar-refractivity contribution in [3.63, 3.8) is 0 Å². The molecule has 3 rings (SSSR count). The normalized spacial score (nSPS) is 17.5. The van der Waals surface area contributed by atoms with Crippen LogP contribution in [0, 0.1) is 9.39 Å². The quantitative estimate of drug-likeness (QED) is 0.406. The number of sulfonamides is 1. The van der Waals surface area contributed by atoms with Gasteiger partial charge in [-0.1, -0.05) is 31.2 Å². The molecular formula is C20H18FIN2O3S2. The van der Waals surface area contributed by atoms with E-state index in [1.807, 2.05) is 29.5 Å². The Balaban J connectivity index is 1.97. The van der Waals surface area contributed by atoms with Gasteiger partial charge in [-0.05, 0) is 77.5 Å². The van der Waals surface area contributed by atoms with Gasteiger partial charge in [0, 0.05) is 15.7 Å². The standard InChI is InChI=1S/C20H18FIN2O3S2/c1-3-13-8-10-15(11-9-13)29(26,27)23-20-24(4-2)19(25)17(28-20)12-14-6-5-7-16(22)18(14)21/h5-12H,3-4H2,1-2H3/b17-12-,23-20+. The Morgan fingerprint density at radius 3 is 2.48 bits per heavy atom. The first-order valence-corrected chi connectivity index (χ1v) is 12.2. The van der Waals surface area contributed by atoms with E-state index < -0.39 is 21.7 Å². The van der Waals surface area contributed by atoms with E-state index in [0.29, 0.717) is 3.57 Å². The van der Waals surface area contributed by atoms with Crippen molar-refractivity contribution in [2.45, 2.75) is 25.2 Å². The van der Waals surface area contributed by atoms with Gasteiger partial charge < -0.3 is 0 Å². The Morgan fingerprint density at radius 1 is 1.17 bits per heavy atom. The number of halogens is 2. The summed E-state index contributed by atoms with van der Waals surface area (Å²) >= 11 is 2.81. The lowest BCUT2D eigenvalue weighted by Crippen LogP contribution is -2.29. The van der Waals surface area contributed by atoms with Crippen LogP contribution >= 0.6 is 34.4 Å². The molecule has 1 aliphatic heterocycles. The SMILES string of the molecule is CCc1ccc(S(=O)(=O)/N=C2/S/C(=C\c3cccc(I)c3F)C(=O)N2CC)cc1. The molecule has 1 aliphatic rings. The van der Waals surface area contributed by atoms with Crippen molar-refractivity contribution in [1.29, 1.82) is 0 Å². The zero-order valence-electron chi connectivity index (χ0n) is 15.7. The summed E-state index contributed by atoms with van der Waals surface area (Å²) in [7, 11) is -3.98. The van der Waals surface area contributed by atoms with Crippen LogP contribution < -0.4 is 0 Å². The second-order valence-corrected chi connectivity index (χ2v) is 9.92. The maximum absolute atomic E-state index is 14.3. The number of thioether (sulfide) groups is 1. The lowest BCUT2D eigenvalue weighted by molar-refractivity contribution is -0.122. The molecule has 2 aromatic carbocycles. The predicted octanol–water partition coefficient (Wildman–Crippen LogP) is 4.67. The summed E-state index contributed by atoms with van der Waals surface area (Å²) in [6.45, 7) is 3.96. The lowest BCUT2D eigenvalue weighted by atomic mass is 10.2. The van der Waals surface area contributed by atoms with Crippen molar-refractivity contribution in [3.8, 4) is 0 Å². The molecule has 1 amide bonds. The Bertz CT molecular complexity index is 1110. The summed E-state index contributed by atoms with van der Waals surface area (Å²) in [5, 5.41) is 0.0642. The van der Waals surface area contributed by atoms with Crippen molar-refractivity contribution < 1.29 is 17.6 Å². The van der Waals surface area contributed by atoms with Crippen LogP contribution in [0.25, 0.3) is 6.08 Å². The van der Waals surface area contributed by atoms with Crippen LogP contribution in [-0.2, 0) is 21.2 Å². The highest BCUT2D eigenvalue weighted by atomic mass is 127. The number of rotatable bonds is 5. The van der Waals surface area contributed by atoms with Gasteiger partial charge in [-0.2, -0.15) is 8.42 Å². The van der Waals surface area contributed by atoms with Crippen LogP contribution in [0.4, 0.5) is 4.39 Å². The van der Waals surface area contributed by atoms with Crippen LogP contribution in [0.15, 0.2) is 56.7 Å². The highest BCUT2D eigenvalue weighted by Crippen LogP contribution is 2.34. The highest BCUT2D eigenvalue weighted by molar-refractivity contribution is 14.1. The minimum Gasteiger partial charge on any atom is -0.286 e. The first-order chi connectivity index (χ1) is 13.8. The first kappa shape index (κ1) is 22.0. The molecule has 0 atom stereocenters. The Labute approximate surface area is 187 Å². The predicted molar refractivity (Wildman–Crippen MR) is 123 cm³/mol. The maximum Gasteiger partial charge on any atom is 0.284 e. The third kappa shape index (κ3) is 4.72. The van der Waals surface area contributed by atoms with Gasteiger partial charge in [0.25, 0.3) is 15.9 Å². The summed E-state index contributed by atoms with van der Waals surface area (Å²) in [6, 6.07) is 11.4. The van der Waals surface area contributed by atoms with E-state index in [4.69, 9.17) is 0 Å². The zero-order valence-corrected chi connectivity index (χ0v) is 19.5. The molecule has 9 heteroatoms. The molecule has 0 aliphatic carbocycles. The Morgan fingerprint density at radius 2 is 1.86 bits per heavy atom. The van der Waals surface area contributed by atoms with Gasteiger partial charge in [-0.3, -0.25) is 9.69 Å². The van der Waals surface area contributed by atoms with Gasteiger partial charge in [0.2, 0.25) is 0 Å². The van der Waals surface area contributed by atoms with Crippen molar-refractivity contribution in [1.82, 2.24) is 4.90 Å². The molecule has 0 aromatic heterocycles. The molecule has 0 unspecified atom stereocenters. The van der Waals surface area contributed by atoms with Crippen molar-refractivity contribution in [2.24, 2.45) is 4.40 Å². The largest absolute Gasteiger partial charge is 0.286 e. The molecule has 29 heavy (non-hydrogen) atoms. The molecule has 2 aromatic rings. The average molecular weight is 544 g/mol.